The van der Waals surface area contributed by atoms with Crippen LogP contribution in [0.25, 0.3) is 0 Å². The minimum atomic E-state index is -0.796. The summed E-state index contributed by atoms with van der Waals surface area (Å²) in [5.74, 6) is -1.27. The number of aliphatic carboxylic acids is 1. The van der Waals surface area contributed by atoms with Crippen LogP contribution in [0, 0.1) is 0 Å². The maximum Gasteiger partial charge on any atom is 0.312 e. The summed E-state index contributed by atoms with van der Waals surface area (Å²) in [6.45, 7) is 1.79. The number of aliphatic hydroxyl groups is 1. The molecule has 0 aromatic heterocycles. The minimum Gasteiger partial charge on any atom is -0.481 e. The normalized spacial score (nSPS) is 20.4. The summed E-state index contributed by atoms with van der Waals surface area (Å²) >= 11 is 0. The fraction of sp³-hybridized carbons (Fsp3) is 0.417. The van der Waals surface area contributed by atoms with Gasteiger partial charge in [-0.15, -0.1) is 0 Å². The second-order valence-electron chi connectivity index (χ2n) is 4.05. The molecule has 1 unspecified atom stereocenters. The molecule has 0 saturated heterocycles. The number of hydrogen-bond donors (Lipinski definition) is 2. The van der Waals surface area contributed by atoms with Crippen LogP contribution in [-0.4, -0.2) is 40.8 Å². The summed E-state index contributed by atoms with van der Waals surface area (Å²) in [6.07, 6.45) is 0. The van der Waals surface area contributed by atoms with Crippen LogP contribution in [0.3, 0.4) is 0 Å². The molecule has 1 heterocycles. The first-order valence-electron chi connectivity index (χ1n) is 5.36. The highest BCUT2D eigenvalue weighted by atomic mass is 16.4. The van der Waals surface area contributed by atoms with Crippen LogP contribution < -0.4 is 0 Å². The van der Waals surface area contributed by atoms with Gasteiger partial charge in [0.2, 0.25) is 0 Å². The van der Waals surface area contributed by atoms with E-state index in [9.17, 15) is 9.90 Å². The zero-order valence-electron chi connectivity index (χ0n) is 8.97. The van der Waals surface area contributed by atoms with Crippen molar-refractivity contribution in [1.29, 1.82) is 0 Å². The Morgan fingerprint density at radius 2 is 2.19 bits per heavy atom. The quantitative estimate of drug-likeness (QED) is 0.787. The van der Waals surface area contributed by atoms with Crippen molar-refractivity contribution in [3.05, 3.63) is 35.4 Å². The molecule has 0 radical (unpaired) electrons. The molecular weight excluding hydrogens is 206 g/mol. The van der Waals surface area contributed by atoms with Crippen LogP contribution >= 0.6 is 0 Å². The molecule has 0 aliphatic carbocycles. The molecular formula is C12H15NO3. The number of aliphatic hydroxyl groups excluding tert-OH is 1. The molecule has 1 atom stereocenters. The van der Waals surface area contributed by atoms with Gasteiger partial charge in [-0.1, -0.05) is 24.3 Å². The molecule has 0 amide bonds. The summed E-state index contributed by atoms with van der Waals surface area (Å²) < 4.78 is 0. The van der Waals surface area contributed by atoms with E-state index in [0.29, 0.717) is 13.1 Å². The summed E-state index contributed by atoms with van der Waals surface area (Å²) in [7, 11) is 0. The van der Waals surface area contributed by atoms with Gasteiger partial charge in [0.25, 0.3) is 0 Å². The zero-order chi connectivity index (χ0) is 11.5. The Hall–Kier alpha value is -1.39. The Balaban J connectivity index is 2.30. The lowest BCUT2D eigenvalue weighted by Crippen LogP contribution is -2.38. The number of carbonyl (C=O) groups is 1. The SMILES string of the molecule is O=C(O)C1CN(CCO)Cc2ccccc21. The Bertz CT molecular complexity index is 392. The topological polar surface area (TPSA) is 60.8 Å². The molecule has 4 heteroatoms. The smallest absolute Gasteiger partial charge is 0.312 e. The van der Waals surface area contributed by atoms with Crippen LogP contribution in [0.2, 0.25) is 0 Å². The van der Waals surface area contributed by atoms with Gasteiger partial charge in [0.15, 0.2) is 0 Å². The predicted octanol–water partition coefficient (Wildman–Crippen LogP) is 0.663. The van der Waals surface area contributed by atoms with Crippen LogP contribution in [0.4, 0.5) is 0 Å². The van der Waals surface area contributed by atoms with Gasteiger partial charge >= 0.3 is 5.97 Å². The fourth-order valence-electron chi connectivity index (χ4n) is 2.20. The molecule has 0 fully saturated rings. The molecule has 0 bridgehead atoms. The number of rotatable bonds is 3. The second kappa shape index (κ2) is 4.63. The Labute approximate surface area is 94.1 Å². The monoisotopic (exact) mass is 221 g/mol. The number of nitrogens with zero attached hydrogens (tertiary/aromatic N) is 1. The number of carboxylic acid groups (broad SMARTS) is 1. The first-order chi connectivity index (χ1) is 7.72. The molecule has 4 nitrogen and oxygen atoms in total. The standard InChI is InChI=1S/C12H15NO3/c14-6-5-13-7-9-3-1-2-4-10(9)11(8-13)12(15)16/h1-4,11,14H,5-8H2,(H,15,16). The molecule has 1 aliphatic heterocycles. The number of β-amino-alcohol motifs (C(OH)–C–C–N with tert-alkyl or cyclic N) is 1. The number of carboxylic acids is 1. The predicted molar refractivity (Wildman–Crippen MR) is 59.2 cm³/mol. The van der Waals surface area contributed by atoms with E-state index in [1.807, 2.05) is 29.2 Å². The Morgan fingerprint density at radius 1 is 1.44 bits per heavy atom. The van der Waals surface area contributed by atoms with Crippen molar-refractivity contribution < 1.29 is 15.0 Å². The average Bonchev–Trinajstić information content (AvgIpc) is 2.28. The largest absolute Gasteiger partial charge is 0.481 e. The molecule has 1 aromatic carbocycles. The second-order valence-corrected chi connectivity index (χ2v) is 4.05. The third kappa shape index (κ3) is 2.08. The lowest BCUT2D eigenvalue weighted by atomic mass is 9.90. The van der Waals surface area contributed by atoms with Gasteiger partial charge in [-0.25, -0.2) is 0 Å². The van der Waals surface area contributed by atoms with E-state index in [2.05, 4.69) is 0 Å². The highest BCUT2D eigenvalue weighted by Crippen LogP contribution is 2.27. The van der Waals surface area contributed by atoms with E-state index in [4.69, 9.17) is 5.11 Å². The van der Waals surface area contributed by atoms with E-state index in [1.54, 1.807) is 0 Å². The zero-order valence-corrected chi connectivity index (χ0v) is 8.97. The van der Waals surface area contributed by atoms with Gasteiger partial charge in [-0.3, -0.25) is 9.69 Å². The minimum absolute atomic E-state index is 0.0640. The first kappa shape index (κ1) is 11.1. The first-order valence-corrected chi connectivity index (χ1v) is 5.36. The highest BCUT2D eigenvalue weighted by Gasteiger charge is 2.29. The molecule has 1 aromatic rings. The molecule has 16 heavy (non-hydrogen) atoms. The summed E-state index contributed by atoms with van der Waals surface area (Å²) in [5.41, 5.74) is 1.96. The van der Waals surface area contributed by atoms with Gasteiger partial charge in [-0.2, -0.15) is 0 Å². The van der Waals surface area contributed by atoms with Crippen LogP contribution in [0.5, 0.6) is 0 Å². The van der Waals surface area contributed by atoms with E-state index in [1.165, 1.54) is 0 Å². The third-order valence-electron chi connectivity index (χ3n) is 2.98. The van der Waals surface area contributed by atoms with Crippen molar-refractivity contribution in [2.24, 2.45) is 0 Å². The fourth-order valence-corrected chi connectivity index (χ4v) is 2.20. The van der Waals surface area contributed by atoms with Gasteiger partial charge < -0.3 is 10.2 Å². The van der Waals surface area contributed by atoms with Crippen LogP contribution in [0.1, 0.15) is 17.0 Å². The lowest BCUT2D eigenvalue weighted by molar-refractivity contribution is -0.139. The van der Waals surface area contributed by atoms with E-state index < -0.39 is 11.9 Å². The van der Waals surface area contributed by atoms with Crippen molar-refractivity contribution in [3.8, 4) is 0 Å². The van der Waals surface area contributed by atoms with E-state index in [-0.39, 0.29) is 6.61 Å². The summed E-state index contributed by atoms with van der Waals surface area (Å²) in [4.78, 5) is 13.2. The van der Waals surface area contributed by atoms with Crippen molar-refractivity contribution in [3.63, 3.8) is 0 Å². The van der Waals surface area contributed by atoms with Gasteiger partial charge in [-0.05, 0) is 11.1 Å². The van der Waals surface area contributed by atoms with Crippen molar-refractivity contribution in [2.75, 3.05) is 19.7 Å². The molecule has 0 spiro atoms. The Morgan fingerprint density at radius 3 is 2.88 bits per heavy atom. The molecule has 1 aliphatic rings. The summed E-state index contributed by atoms with van der Waals surface area (Å²) in [6, 6.07) is 7.62. The van der Waals surface area contributed by atoms with Gasteiger partial charge in [0.1, 0.15) is 0 Å². The van der Waals surface area contributed by atoms with Crippen molar-refractivity contribution in [2.45, 2.75) is 12.5 Å². The highest BCUT2D eigenvalue weighted by molar-refractivity contribution is 5.77. The molecule has 0 saturated carbocycles. The van der Waals surface area contributed by atoms with E-state index >= 15 is 0 Å². The Kier molecular flexibility index (Phi) is 3.22. The van der Waals surface area contributed by atoms with Crippen molar-refractivity contribution in [1.82, 2.24) is 4.90 Å². The van der Waals surface area contributed by atoms with Gasteiger partial charge in [0, 0.05) is 19.6 Å². The molecule has 2 rings (SSSR count). The average molecular weight is 221 g/mol. The molecule has 86 valence electrons. The third-order valence-corrected chi connectivity index (χ3v) is 2.98. The molecule has 2 N–H and O–H groups in total. The van der Waals surface area contributed by atoms with Crippen LogP contribution in [0.15, 0.2) is 24.3 Å². The van der Waals surface area contributed by atoms with Gasteiger partial charge in [0.05, 0.1) is 12.5 Å². The maximum absolute atomic E-state index is 11.2. The maximum atomic E-state index is 11.2. The van der Waals surface area contributed by atoms with E-state index in [0.717, 1.165) is 17.7 Å². The number of hydrogen-bond acceptors (Lipinski definition) is 3. The number of benzene rings is 1. The van der Waals surface area contributed by atoms with Crippen molar-refractivity contribution >= 4 is 5.97 Å². The lowest BCUT2D eigenvalue weighted by Gasteiger charge is -2.32. The van der Waals surface area contributed by atoms with Crippen LogP contribution in [-0.2, 0) is 11.3 Å². The number of fused-ring (bicyclic) bond motifs is 1. The summed E-state index contributed by atoms with van der Waals surface area (Å²) in [5, 5.41) is 18.1.